The van der Waals surface area contributed by atoms with E-state index in [1.807, 2.05) is 7.05 Å². The van der Waals surface area contributed by atoms with Crippen LogP contribution in [-0.4, -0.2) is 34.9 Å². The minimum absolute atomic E-state index is 0.222. The highest BCUT2D eigenvalue weighted by molar-refractivity contribution is 5.85. The number of nitrogens with zero attached hydrogens (tertiary/aromatic N) is 3. The van der Waals surface area contributed by atoms with Crippen LogP contribution >= 0.6 is 0 Å². The molecular formula is C9H14N4O2. The fraction of sp³-hybridized carbons (Fsp3) is 0.667. The van der Waals surface area contributed by atoms with Gasteiger partial charge in [-0.25, -0.2) is 0 Å². The number of carbonyl (C=O) groups is 1. The van der Waals surface area contributed by atoms with E-state index in [0.29, 0.717) is 11.8 Å². The van der Waals surface area contributed by atoms with E-state index >= 15 is 0 Å². The molecule has 1 aromatic rings. The molecule has 1 aliphatic rings. The number of esters is 1. The molecule has 1 aliphatic carbocycles. The SMILES string of the molecule is CNc1nnc(C2(C(=O)OC)CC2)n1C. The quantitative estimate of drug-likeness (QED) is 0.714. The summed E-state index contributed by atoms with van der Waals surface area (Å²) in [7, 11) is 5.01. The average Bonchev–Trinajstić information content (AvgIpc) is 2.97. The third kappa shape index (κ3) is 1.28. The Morgan fingerprint density at radius 2 is 2.20 bits per heavy atom. The van der Waals surface area contributed by atoms with Crippen LogP contribution in [0.1, 0.15) is 18.7 Å². The van der Waals surface area contributed by atoms with Crippen LogP contribution in [0.5, 0.6) is 0 Å². The number of hydrogen-bond donors (Lipinski definition) is 1. The smallest absolute Gasteiger partial charge is 0.319 e. The van der Waals surface area contributed by atoms with Crippen molar-refractivity contribution in [3.63, 3.8) is 0 Å². The second-order valence-corrected chi connectivity index (χ2v) is 3.73. The van der Waals surface area contributed by atoms with Crippen molar-refractivity contribution in [3.05, 3.63) is 5.82 Å². The summed E-state index contributed by atoms with van der Waals surface area (Å²) in [5.74, 6) is 1.11. The van der Waals surface area contributed by atoms with Crippen LogP contribution < -0.4 is 5.32 Å². The molecule has 1 heterocycles. The molecule has 1 fully saturated rings. The van der Waals surface area contributed by atoms with E-state index in [4.69, 9.17) is 4.74 Å². The van der Waals surface area contributed by atoms with Crippen LogP contribution in [-0.2, 0) is 22.0 Å². The predicted octanol–water partition coefficient (Wildman–Crippen LogP) is 0.0614. The van der Waals surface area contributed by atoms with Crippen molar-refractivity contribution in [1.82, 2.24) is 14.8 Å². The first-order valence-electron chi connectivity index (χ1n) is 4.82. The monoisotopic (exact) mass is 210 g/mol. The first kappa shape index (κ1) is 9.95. The molecule has 0 unspecified atom stereocenters. The van der Waals surface area contributed by atoms with Gasteiger partial charge in [0.05, 0.1) is 7.11 Å². The van der Waals surface area contributed by atoms with Crippen molar-refractivity contribution >= 4 is 11.9 Å². The van der Waals surface area contributed by atoms with Gasteiger partial charge < -0.3 is 10.1 Å². The Hall–Kier alpha value is -1.59. The molecule has 1 aromatic heterocycles. The van der Waals surface area contributed by atoms with Gasteiger partial charge in [0, 0.05) is 14.1 Å². The van der Waals surface area contributed by atoms with Crippen LogP contribution in [0.3, 0.4) is 0 Å². The fourth-order valence-electron chi connectivity index (χ4n) is 1.80. The van der Waals surface area contributed by atoms with Gasteiger partial charge in [0.1, 0.15) is 5.41 Å². The zero-order chi connectivity index (χ0) is 11.1. The summed E-state index contributed by atoms with van der Waals surface area (Å²) in [5.41, 5.74) is -0.550. The minimum atomic E-state index is -0.550. The number of rotatable bonds is 3. The lowest BCUT2D eigenvalue weighted by Gasteiger charge is -2.11. The topological polar surface area (TPSA) is 69.0 Å². The molecule has 82 valence electrons. The van der Waals surface area contributed by atoms with E-state index < -0.39 is 5.41 Å². The fourth-order valence-corrected chi connectivity index (χ4v) is 1.80. The lowest BCUT2D eigenvalue weighted by Crippen LogP contribution is -2.25. The molecule has 2 rings (SSSR count). The largest absolute Gasteiger partial charge is 0.468 e. The second-order valence-electron chi connectivity index (χ2n) is 3.73. The summed E-state index contributed by atoms with van der Waals surface area (Å²) in [6, 6.07) is 0. The summed E-state index contributed by atoms with van der Waals surface area (Å²) in [6.07, 6.45) is 1.57. The number of methoxy groups -OCH3 is 1. The molecule has 0 saturated heterocycles. The van der Waals surface area contributed by atoms with Crippen LogP contribution in [0.15, 0.2) is 0 Å². The van der Waals surface area contributed by atoms with Crippen molar-refractivity contribution in [2.75, 3.05) is 19.5 Å². The Kier molecular flexibility index (Phi) is 2.13. The summed E-state index contributed by atoms with van der Waals surface area (Å²) in [5, 5.41) is 10.9. The third-order valence-corrected chi connectivity index (χ3v) is 2.85. The van der Waals surface area contributed by atoms with Crippen LogP contribution in [0.25, 0.3) is 0 Å². The molecule has 15 heavy (non-hydrogen) atoms. The summed E-state index contributed by atoms with van der Waals surface area (Å²) < 4.78 is 6.58. The molecule has 6 heteroatoms. The lowest BCUT2D eigenvalue weighted by molar-refractivity contribution is -0.144. The van der Waals surface area contributed by atoms with Crippen LogP contribution in [0.4, 0.5) is 5.95 Å². The Balaban J connectivity index is 2.37. The highest BCUT2D eigenvalue weighted by atomic mass is 16.5. The number of nitrogens with one attached hydrogen (secondary N) is 1. The molecule has 0 aliphatic heterocycles. The number of hydrogen-bond acceptors (Lipinski definition) is 5. The van der Waals surface area contributed by atoms with E-state index in [1.165, 1.54) is 7.11 Å². The first-order chi connectivity index (χ1) is 7.15. The van der Waals surface area contributed by atoms with Crippen LogP contribution in [0, 0.1) is 0 Å². The highest BCUT2D eigenvalue weighted by Gasteiger charge is 2.56. The number of carbonyl (C=O) groups excluding carboxylic acids is 1. The van der Waals surface area contributed by atoms with E-state index in [9.17, 15) is 4.79 Å². The highest BCUT2D eigenvalue weighted by Crippen LogP contribution is 2.48. The van der Waals surface area contributed by atoms with Gasteiger partial charge in [-0.1, -0.05) is 0 Å². The zero-order valence-corrected chi connectivity index (χ0v) is 9.07. The second kappa shape index (κ2) is 3.22. The van der Waals surface area contributed by atoms with Gasteiger partial charge in [-0.2, -0.15) is 0 Å². The molecule has 1 saturated carbocycles. The van der Waals surface area contributed by atoms with Gasteiger partial charge in [-0.3, -0.25) is 9.36 Å². The number of anilines is 1. The van der Waals surface area contributed by atoms with Gasteiger partial charge in [-0.05, 0) is 12.8 Å². The van der Waals surface area contributed by atoms with Gasteiger partial charge in [0.2, 0.25) is 5.95 Å². The van der Waals surface area contributed by atoms with Gasteiger partial charge in [-0.15, -0.1) is 10.2 Å². The Labute approximate surface area is 87.6 Å². The summed E-state index contributed by atoms with van der Waals surface area (Å²) in [4.78, 5) is 11.6. The number of aromatic nitrogens is 3. The van der Waals surface area contributed by atoms with Crippen molar-refractivity contribution in [2.45, 2.75) is 18.3 Å². The van der Waals surface area contributed by atoms with Gasteiger partial charge >= 0.3 is 5.97 Å². The molecule has 0 amide bonds. The normalized spacial score (nSPS) is 17.3. The van der Waals surface area contributed by atoms with Crippen molar-refractivity contribution in [2.24, 2.45) is 7.05 Å². The Morgan fingerprint density at radius 1 is 1.53 bits per heavy atom. The maximum Gasteiger partial charge on any atom is 0.319 e. The third-order valence-electron chi connectivity index (χ3n) is 2.85. The van der Waals surface area contributed by atoms with Crippen molar-refractivity contribution < 1.29 is 9.53 Å². The Morgan fingerprint density at radius 3 is 2.60 bits per heavy atom. The minimum Gasteiger partial charge on any atom is -0.468 e. The molecule has 0 bridgehead atoms. The van der Waals surface area contributed by atoms with Crippen molar-refractivity contribution in [3.8, 4) is 0 Å². The Bertz CT molecular complexity index is 395. The molecule has 6 nitrogen and oxygen atoms in total. The van der Waals surface area contributed by atoms with Crippen molar-refractivity contribution in [1.29, 1.82) is 0 Å². The molecular weight excluding hydrogens is 196 g/mol. The maximum atomic E-state index is 11.6. The lowest BCUT2D eigenvalue weighted by atomic mass is 10.1. The maximum absolute atomic E-state index is 11.6. The molecule has 0 aromatic carbocycles. The van der Waals surface area contributed by atoms with Gasteiger partial charge in [0.15, 0.2) is 5.82 Å². The predicted molar refractivity (Wildman–Crippen MR) is 53.5 cm³/mol. The van der Waals surface area contributed by atoms with E-state index in [-0.39, 0.29) is 5.97 Å². The summed E-state index contributed by atoms with van der Waals surface area (Å²) >= 11 is 0. The molecule has 0 atom stereocenters. The average molecular weight is 210 g/mol. The molecule has 1 N–H and O–H groups in total. The van der Waals surface area contributed by atoms with E-state index in [0.717, 1.165) is 12.8 Å². The molecule has 0 spiro atoms. The standard InChI is InChI=1S/C9H14N4O2/c1-10-8-12-11-6(13(8)2)9(4-5-9)7(14)15-3/h4-5H2,1-3H3,(H,10,12). The van der Waals surface area contributed by atoms with Gasteiger partial charge in [0.25, 0.3) is 0 Å². The zero-order valence-electron chi connectivity index (χ0n) is 9.07. The first-order valence-corrected chi connectivity index (χ1v) is 4.82. The van der Waals surface area contributed by atoms with E-state index in [1.54, 1.807) is 11.6 Å². The van der Waals surface area contributed by atoms with E-state index in [2.05, 4.69) is 15.5 Å². The summed E-state index contributed by atoms with van der Waals surface area (Å²) in [6.45, 7) is 0. The van der Waals surface area contributed by atoms with Crippen LogP contribution in [0.2, 0.25) is 0 Å². The molecule has 0 radical (unpaired) electrons. The number of ether oxygens (including phenoxy) is 1.